The van der Waals surface area contributed by atoms with E-state index in [2.05, 4.69) is 44.5 Å². The van der Waals surface area contributed by atoms with Crippen molar-refractivity contribution in [1.82, 2.24) is 24.6 Å². The molecule has 1 aromatic carbocycles. The number of nitrogens with zero attached hydrogens (tertiary/aromatic N) is 4. The van der Waals surface area contributed by atoms with Gasteiger partial charge >= 0.3 is 0 Å². The molecule has 1 atom stereocenters. The Morgan fingerprint density at radius 2 is 1.85 bits per heavy atom. The fraction of sp³-hybridized carbons (Fsp3) is 0.381. The van der Waals surface area contributed by atoms with Crippen LogP contribution in [0.25, 0.3) is 5.78 Å². The van der Waals surface area contributed by atoms with Gasteiger partial charge in [0.2, 0.25) is 5.78 Å². The summed E-state index contributed by atoms with van der Waals surface area (Å²) in [5.41, 5.74) is 1.65. The number of rotatable bonds is 5. The van der Waals surface area contributed by atoms with E-state index in [1.807, 2.05) is 18.3 Å². The third kappa shape index (κ3) is 4.17. The third-order valence-electron chi connectivity index (χ3n) is 5.19. The molecule has 4 rings (SSSR count). The highest BCUT2D eigenvalue weighted by Crippen LogP contribution is 2.23. The molecule has 0 bridgehead atoms. The number of fused-ring (bicyclic) bond motifs is 1. The van der Waals surface area contributed by atoms with Crippen LogP contribution in [0.5, 0.6) is 0 Å². The van der Waals surface area contributed by atoms with E-state index in [4.69, 9.17) is 0 Å². The summed E-state index contributed by atoms with van der Waals surface area (Å²) in [5.74, 6) is 0.381. The molecule has 27 heavy (non-hydrogen) atoms. The summed E-state index contributed by atoms with van der Waals surface area (Å²) in [5, 5.41) is 3.09. The van der Waals surface area contributed by atoms with Gasteiger partial charge in [-0.2, -0.15) is 0 Å². The summed E-state index contributed by atoms with van der Waals surface area (Å²) in [4.78, 5) is 23.7. The van der Waals surface area contributed by atoms with Crippen LogP contribution in [-0.2, 0) is 0 Å². The fourth-order valence-corrected chi connectivity index (χ4v) is 3.76. The fourth-order valence-electron chi connectivity index (χ4n) is 3.76. The van der Waals surface area contributed by atoms with E-state index in [9.17, 15) is 4.79 Å². The molecule has 1 saturated heterocycles. The van der Waals surface area contributed by atoms with Gasteiger partial charge < -0.3 is 5.32 Å². The van der Waals surface area contributed by atoms with E-state index in [-0.39, 0.29) is 11.9 Å². The van der Waals surface area contributed by atoms with Gasteiger partial charge in [0.15, 0.2) is 0 Å². The van der Waals surface area contributed by atoms with E-state index in [0.717, 1.165) is 13.1 Å². The average Bonchev–Trinajstić information content (AvgIpc) is 2.97. The Morgan fingerprint density at radius 3 is 2.59 bits per heavy atom. The third-order valence-corrected chi connectivity index (χ3v) is 5.19. The second-order valence-corrected chi connectivity index (χ2v) is 7.04. The van der Waals surface area contributed by atoms with Gasteiger partial charge in [-0.15, -0.1) is 0 Å². The Kier molecular flexibility index (Phi) is 5.44. The Hall–Kier alpha value is -2.73. The van der Waals surface area contributed by atoms with Crippen LogP contribution in [0.15, 0.2) is 55.0 Å². The number of aromatic nitrogens is 3. The maximum absolute atomic E-state index is 12.7. The lowest BCUT2D eigenvalue weighted by Gasteiger charge is -2.31. The number of likely N-dealkylation sites (tertiary alicyclic amines) is 1. The molecule has 6 nitrogen and oxygen atoms in total. The molecule has 1 amide bonds. The zero-order valence-corrected chi connectivity index (χ0v) is 15.4. The predicted molar refractivity (Wildman–Crippen MR) is 105 cm³/mol. The van der Waals surface area contributed by atoms with Crippen molar-refractivity contribution in [3.05, 3.63) is 66.2 Å². The van der Waals surface area contributed by atoms with Crippen LogP contribution >= 0.6 is 0 Å². The van der Waals surface area contributed by atoms with Gasteiger partial charge in [0.05, 0.1) is 6.04 Å². The van der Waals surface area contributed by atoms with Gasteiger partial charge in [-0.25, -0.2) is 9.97 Å². The number of hydrogen-bond acceptors (Lipinski definition) is 4. The second kappa shape index (κ2) is 8.31. The molecule has 1 fully saturated rings. The first-order chi connectivity index (χ1) is 13.3. The minimum Gasteiger partial charge on any atom is -0.349 e. The summed E-state index contributed by atoms with van der Waals surface area (Å²) in [6.07, 6.45) is 10.3. The van der Waals surface area contributed by atoms with Crippen LogP contribution in [0.2, 0.25) is 0 Å². The Morgan fingerprint density at radius 1 is 1.07 bits per heavy atom. The number of imidazole rings is 1. The summed E-state index contributed by atoms with van der Waals surface area (Å²) in [6, 6.07) is 12.5. The van der Waals surface area contributed by atoms with Gasteiger partial charge in [-0.1, -0.05) is 43.2 Å². The van der Waals surface area contributed by atoms with Crippen molar-refractivity contribution >= 4 is 11.7 Å². The first kappa shape index (κ1) is 17.7. The van der Waals surface area contributed by atoms with Crippen LogP contribution in [0.3, 0.4) is 0 Å². The summed E-state index contributed by atoms with van der Waals surface area (Å²) in [7, 11) is 0. The molecule has 2 aromatic heterocycles. The quantitative estimate of drug-likeness (QED) is 0.757. The molecule has 1 unspecified atom stereocenters. The maximum Gasteiger partial charge on any atom is 0.271 e. The van der Waals surface area contributed by atoms with Crippen LogP contribution < -0.4 is 5.32 Å². The lowest BCUT2D eigenvalue weighted by molar-refractivity contribution is 0.0929. The maximum atomic E-state index is 12.7. The van der Waals surface area contributed by atoms with E-state index < -0.39 is 0 Å². The molecule has 1 aliphatic heterocycles. The molecular weight excluding hydrogens is 338 g/mol. The zero-order chi connectivity index (χ0) is 18.5. The molecule has 0 saturated carbocycles. The van der Waals surface area contributed by atoms with Gasteiger partial charge in [0, 0.05) is 25.1 Å². The SMILES string of the molecule is O=C(NCC(c1ccccc1)N1CCCCCC1)c1cn2cccnc2n1. The minimum absolute atomic E-state index is 0.156. The second-order valence-electron chi connectivity index (χ2n) is 7.04. The highest BCUT2D eigenvalue weighted by Gasteiger charge is 2.22. The molecule has 6 heteroatoms. The Bertz CT molecular complexity index is 851. The number of nitrogens with one attached hydrogen (secondary N) is 1. The van der Waals surface area contributed by atoms with Crippen LogP contribution in [0, 0.1) is 0 Å². The smallest absolute Gasteiger partial charge is 0.271 e. The van der Waals surface area contributed by atoms with Crippen molar-refractivity contribution in [3.8, 4) is 0 Å². The molecule has 3 heterocycles. The highest BCUT2D eigenvalue weighted by atomic mass is 16.1. The molecule has 1 aliphatic rings. The monoisotopic (exact) mass is 363 g/mol. The number of carbonyl (C=O) groups excluding carboxylic acids is 1. The van der Waals surface area contributed by atoms with Gasteiger partial charge in [0.1, 0.15) is 5.69 Å². The van der Waals surface area contributed by atoms with E-state index in [1.54, 1.807) is 16.8 Å². The molecule has 0 aliphatic carbocycles. The number of benzene rings is 1. The van der Waals surface area contributed by atoms with Crippen molar-refractivity contribution in [2.45, 2.75) is 31.7 Å². The zero-order valence-electron chi connectivity index (χ0n) is 15.4. The number of carbonyl (C=O) groups is 1. The van der Waals surface area contributed by atoms with Crippen molar-refractivity contribution in [2.75, 3.05) is 19.6 Å². The van der Waals surface area contributed by atoms with Crippen molar-refractivity contribution in [1.29, 1.82) is 0 Å². The number of amides is 1. The van der Waals surface area contributed by atoms with Crippen molar-refractivity contribution in [2.24, 2.45) is 0 Å². The highest BCUT2D eigenvalue weighted by molar-refractivity contribution is 5.92. The predicted octanol–water partition coefficient (Wildman–Crippen LogP) is 3.08. The summed E-state index contributed by atoms with van der Waals surface area (Å²) < 4.78 is 1.76. The lowest BCUT2D eigenvalue weighted by Crippen LogP contribution is -2.38. The molecule has 0 spiro atoms. The molecule has 140 valence electrons. The topological polar surface area (TPSA) is 62.5 Å². The van der Waals surface area contributed by atoms with Gasteiger partial charge in [-0.3, -0.25) is 14.1 Å². The Labute approximate surface area is 159 Å². The first-order valence-electron chi connectivity index (χ1n) is 9.68. The van der Waals surface area contributed by atoms with E-state index in [0.29, 0.717) is 18.0 Å². The number of hydrogen-bond donors (Lipinski definition) is 1. The van der Waals surface area contributed by atoms with Crippen LogP contribution in [0.1, 0.15) is 47.8 Å². The summed E-state index contributed by atoms with van der Waals surface area (Å²) >= 11 is 0. The van der Waals surface area contributed by atoms with Gasteiger partial charge in [0.25, 0.3) is 5.91 Å². The average molecular weight is 363 g/mol. The van der Waals surface area contributed by atoms with Crippen molar-refractivity contribution < 1.29 is 4.79 Å². The van der Waals surface area contributed by atoms with Crippen LogP contribution in [-0.4, -0.2) is 44.8 Å². The molecular formula is C21H25N5O. The minimum atomic E-state index is -0.156. The normalized spacial score (nSPS) is 16.7. The lowest BCUT2D eigenvalue weighted by atomic mass is 10.0. The van der Waals surface area contributed by atoms with Crippen LogP contribution in [0.4, 0.5) is 0 Å². The van der Waals surface area contributed by atoms with E-state index in [1.165, 1.54) is 31.2 Å². The molecule has 1 N–H and O–H groups in total. The Balaban J connectivity index is 1.49. The van der Waals surface area contributed by atoms with Gasteiger partial charge in [-0.05, 0) is 37.6 Å². The van der Waals surface area contributed by atoms with Crippen molar-refractivity contribution in [3.63, 3.8) is 0 Å². The molecule has 0 radical (unpaired) electrons. The molecule has 3 aromatic rings. The largest absolute Gasteiger partial charge is 0.349 e. The first-order valence-corrected chi connectivity index (χ1v) is 9.68. The summed E-state index contributed by atoms with van der Waals surface area (Å²) in [6.45, 7) is 2.73. The standard InChI is InChI=1S/C21H25N5O/c27-20(18-16-26-14-8-11-22-21(26)24-18)23-15-19(17-9-4-3-5-10-17)25-12-6-1-2-7-13-25/h3-5,8-11,14,16,19H,1-2,6-7,12-13,15H2,(H,23,27). The van der Waals surface area contributed by atoms with E-state index >= 15 is 0 Å².